The van der Waals surface area contributed by atoms with Crippen molar-refractivity contribution in [1.82, 2.24) is 20.2 Å². The van der Waals surface area contributed by atoms with Crippen molar-refractivity contribution in [3.05, 3.63) is 55.9 Å². The van der Waals surface area contributed by atoms with Crippen molar-refractivity contribution in [1.29, 1.82) is 0 Å². The van der Waals surface area contributed by atoms with Gasteiger partial charge in [-0.05, 0) is 76.7 Å². The lowest BCUT2D eigenvalue weighted by atomic mass is 10.1. The van der Waals surface area contributed by atoms with E-state index in [-0.39, 0.29) is 5.91 Å². The van der Waals surface area contributed by atoms with E-state index in [9.17, 15) is 4.79 Å². The van der Waals surface area contributed by atoms with Gasteiger partial charge >= 0.3 is 0 Å². The number of benzene rings is 2. The van der Waals surface area contributed by atoms with Crippen LogP contribution in [0, 0.1) is 17.4 Å². The molecule has 2 aromatic carbocycles. The molecule has 3 rings (SSSR count). The third-order valence-electron chi connectivity index (χ3n) is 3.81. The Morgan fingerprint density at radius 2 is 2.04 bits per heavy atom. The number of carbonyl (C=O) groups is 1. The maximum atomic E-state index is 12.7. The number of nitrogens with zero attached hydrogens (tertiary/aromatic N) is 4. The van der Waals surface area contributed by atoms with E-state index in [0.717, 1.165) is 14.8 Å². The number of ether oxygens (including phenoxy) is 1. The lowest BCUT2D eigenvalue weighted by Crippen LogP contribution is -2.14. The lowest BCUT2D eigenvalue weighted by Gasteiger charge is -2.13. The van der Waals surface area contributed by atoms with Gasteiger partial charge in [0.15, 0.2) is 5.82 Å². The minimum absolute atomic E-state index is 0.316. The number of methoxy groups -OCH3 is 1. The number of amides is 1. The molecule has 0 aliphatic rings. The number of aryl methyl sites for hydroxylation is 2. The second-order valence-corrected chi connectivity index (χ2v) is 7.13. The van der Waals surface area contributed by atoms with Crippen LogP contribution in [0.2, 0.25) is 5.02 Å². The summed E-state index contributed by atoms with van der Waals surface area (Å²) in [5.74, 6) is 0.797. The number of carbonyl (C=O) groups excluding carboxylic acids is 1. The molecular formula is C17H15ClIN5O2. The van der Waals surface area contributed by atoms with Crippen molar-refractivity contribution in [2.75, 3.05) is 12.4 Å². The summed E-state index contributed by atoms with van der Waals surface area (Å²) < 4.78 is 7.73. The van der Waals surface area contributed by atoms with Crippen molar-refractivity contribution >= 4 is 45.8 Å². The monoisotopic (exact) mass is 483 g/mol. The molecule has 0 unspecified atom stereocenters. The van der Waals surface area contributed by atoms with Gasteiger partial charge in [-0.1, -0.05) is 17.7 Å². The first-order valence-electron chi connectivity index (χ1n) is 7.61. The Labute approximate surface area is 168 Å². The zero-order valence-corrected chi connectivity index (χ0v) is 17.2. The molecule has 0 radical (unpaired) electrons. The van der Waals surface area contributed by atoms with Crippen molar-refractivity contribution in [2.45, 2.75) is 13.8 Å². The van der Waals surface area contributed by atoms with Gasteiger partial charge in [0.2, 0.25) is 0 Å². The predicted molar refractivity (Wildman–Crippen MR) is 107 cm³/mol. The van der Waals surface area contributed by atoms with Crippen molar-refractivity contribution in [3.63, 3.8) is 0 Å². The van der Waals surface area contributed by atoms with Gasteiger partial charge in [0.25, 0.3) is 5.91 Å². The van der Waals surface area contributed by atoms with Crippen LogP contribution in [-0.2, 0) is 0 Å². The zero-order chi connectivity index (χ0) is 18.8. The Bertz CT molecular complexity index is 989. The third-order valence-corrected chi connectivity index (χ3v) is 5.33. The molecule has 7 nitrogen and oxygen atoms in total. The van der Waals surface area contributed by atoms with E-state index in [1.54, 1.807) is 16.8 Å². The summed E-state index contributed by atoms with van der Waals surface area (Å²) >= 11 is 8.24. The molecule has 26 heavy (non-hydrogen) atoms. The lowest BCUT2D eigenvalue weighted by molar-refractivity contribution is 0.102. The van der Waals surface area contributed by atoms with Gasteiger partial charge in [0.1, 0.15) is 5.75 Å². The van der Waals surface area contributed by atoms with Crippen LogP contribution in [0.1, 0.15) is 21.7 Å². The fourth-order valence-electron chi connectivity index (χ4n) is 2.44. The highest BCUT2D eigenvalue weighted by Crippen LogP contribution is 2.29. The number of tetrazole rings is 1. The largest absolute Gasteiger partial charge is 0.496 e. The predicted octanol–water partition coefficient (Wildman–Crippen LogP) is 3.80. The summed E-state index contributed by atoms with van der Waals surface area (Å²) in [6.07, 6.45) is 0. The van der Waals surface area contributed by atoms with Crippen LogP contribution in [0.15, 0.2) is 30.3 Å². The van der Waals surface area contributed by atoms with Gasteiger partial charge in [0, 0.05) is 9.26 Å². The van der Waals surface area contributed by atoms with Crippen molar-refractivity contribution < 1.29 is 9.53 Å². The molecule has 3 aromatic rings. The smallest absolute Gasteiger partial charge is 0.259 e. The Hall–Kier alpha value is -2.20. The fourth-order valence-corrected chi connectivity index (χ4v) is 3.05. The van der Waals surface area contributed by atoms with E-state index in [1.165, 1.54) is 7.11 Å². The Morgan fingerprint density at radius 1 is 1.27 bits per heavy atom. The second kappa shape index (κ2) is 7.58. The number of aromatic nitrogens is 4. The third kappa shape index (κ3) is 3.65. The first-order valence-corrected chi connectivity index (χ1v) is 9.06. The maximum Gasteiger partial charge on any atom is 0.259 e. The number of rotatable bonds is 4. The molecule has 1 aromatic heterocycles. The number of halogens is 2. The minimum Gasteiger partial charge on any atom is -0.496 e. The van der Waals surface area contributed by atoms with E-state index in [0.29, 0.717) is 27.8 Å². The average molecular weight is 484 g/mol. The molecule has 1 amide bonds. The molecule has 0 aliphatic heterocycles. The molecule has 1 heterocycles. The summed E-state index contributed by atoms with van der Waals surface area (Å²) in [4.78, 5) is 12.7. The molecule has 0 spiro atoms. The normalized spacial score (nSPS) is 10.7. The van der Waals surface area contributed by atoms with Gasteiger partial charge in [-0.25, -0.2) is 0 Å². The molecule has 0 bridgehead atoms. The Kier molecular flexibility index (Phi) is 5.42. The standard InChI is InChI=1S/C17H15ClIN5O2/c1-9-4-5-11(6-15(9)24-10(2)21-22-23-24)20-17(25)12-7-13(18)14(19)8-16(12)26-3/h4-8H,1-3H3,(H,20,25). The van der Waals surface area contributed by atoms with E-state index >= 15 is 0 Å². The molecule has 0 atom stereocenters. The number of hydrogen-bond donors (Lipinski definition) is 1. The first kappa shape index (κ1) is 18.6. The van der Waals surface area contributed by atoms with E-state index in [4.69, 9.17) is 16.3 Å². The van der Waals surface area contributed by atoms with E-state index in [1.807, 2.05) is 32.0 Å². The maximum absolute atomic E-state index is 12.7. The summed E-state index contributed by atoms with van der Waals surface area (Å²) in [6.45, 7) is 3.76. The highest BCUT2D eigenvalue weighted by atomic mass is 127. The van der Waals surface area contributed by atoms with E-state index < -0.39 is 0 Å². The van der Waals surface area contributed by atoms with Crippen LogP contribution >= 0.6 is 34.2 Å². The Balaban J connectivity index is 1.94. The van der Waals surface area contributed by atoms with E-state index in [2.05, 4.69) is 43.4 Å². The van der Waals surface area contributed by atoms with Crippen LogP contribution in [0.5, 0.6) is 5.75 Å². The van der Waals surface area contributed by atoms with Crippen LogP contribution < -0.4 is 10.1 Å². The second-order valence-electron chi connectivity index (χ2n) is 5.56. The molecular weight excluding hydrogens is 469 g/mol. The number of nitrogens with one attached hydrogen (secondary N) is 1. The molecule has 0 fully saturated rings. The summed E-state index contributed by atoms with van der Waals surface area (Å²) in [5.41, 5.74) is 2.74. The van der Waals surface area contributed by atoms with Crippen LogP contribution in [-0.4, -0.2) is 33.2 Å². The zero-order valence-electron chi connectivity index (χ0n) is 14.2. The van der Waals surface area contributed by atoms with Gasteiger partial charge in [-0.2, -0.15) is 4.68 Å². The molecule has 0 saturated carbocycles. The van der Waals surface area contributed by atoms with Crippen molar-refractivity contribution in [2.24, 2.45) is 0 Å². The average Bonchev–Trinajstić information content (AvgIpc) is 3.04. The molecule has 1 N–H and O–H groups in total. The van der Waals surface area contributed by atoms with Gasteiger partial charge in [-0.15, -0.1) is 5.10 Å². The molecule has 0 aliphatic carbocycles. The highest BCUT2D eigenvalue weighted by Gasteiger charge is 2.16. The van der Waals surface area contributed by atoms with Gasteiger partial charge in [-0.3, -0.25) is 4.79 Å². The molecule has 134 valence electrons. The Morgan fingerprint density at radius 3 is 2.69 bits per heavy atom. The summed E-state index contributed by atoms with van der Waals surface area (Å²) in [5, 5.41) is 14.9. The SMILES string of the molecule is COc1cc(I)c(Cl)cc1C(=O)Nc1ccc(C)c(-n2nnnc2C)c1. The van der Waals surface area contributed by atoms with Crippen LogP contribution in [0.4, 0.5) is 5.69 Å². The van der Waals surface area contributed by atoms with Gasteiger partial charge < -0.3 is 10.1 Å². The number of hydrogen-bond acceptors (Lipinski definition) is 5. The fraction of sp³-hybridized carbons (Fsp3) is 0.176. The van der Waals surface area contributed by atoms with Crippen molar-refractivity contribution in [3.8, 4) is 11.4 Å². The quantitative estimate of drug-likeness (QED) is 0.571. The van der Waals surface area contributed by atoms with Crippen LogP contribution in [0.25, 0.3) is 5.69 Å². The molecule has 9 heteroatoms. The molecule has 0 saturated heterocycles. The summed E-state index contributed by atoms with van der Waals surface area (Å²) in [6, 6.07) is 8.85. The highest BCUT2D eigenvalue weighted by molar-refractivity contribution is 14.1. The van der Waals surface area contributed by atoms with Gasteiger partial charge in [0.05, 0.1) is 23.4 Å². The first-order chi connectivity index (χ1) is 12.4. The summed E-state index contributed by atoms with van der Waals surface area (Å²) in [7, 11) is 1.51. The number of anilines is 1. The minimum atomic E-state index is -0.316. The van der Waals surface area contributed by atoms with Crippen LogP contribution in [0.3, 0.4) is 0 Å². The topological polar surface area (TPSA) is 81.9 Å².